The van der Waals surface area contributed by atoms with Crippen molar-refractivity contribution in [3.63, 3.8) is 0 Å². The number of piperidine rings is 1. The first-order valence-electron chi connectivity index (χ1n) is 5.72. The van der Waals surface area contributed by atoms with Gasteiger partial charge >= 0.3 is 0 Å². The van der Waals surface area contributed by atoms with Crippen LogP contribution in [0.3, 0.4) is 0 Å². The average Bonchev–Trinajstić information content (AvgIpc) is 2.50. The summed E-state index contributed by atoms with van der Waals surface area (Å²) in [6.07, 6.45) is 0. The minimum Gasteiger partial charge on any atom is -0.316 e. The molecule has 2 nitrogen and oxygen atoms in total. The van der Waals surface area contributed by atoms with Gasteiger partial charge < -0.3 is 5.32 Å². The standard InChI is InChI=1S/C11H20N2/c1-7(2)8-5-13(6-8)11-9-3-12-4-10(9)11/h7-12H,3-6H2,1-2H3. The van der Waals surface area contributed by atoms with Crippen LogP contribution in [-0.2, 0) is 0 Å². The van der Waals surface area contributed by atoms with E-state index in [9.17, 15) is 0 Å². The number of hydrogen-bond acceptors (Lipinski definition) is 2. The van der Waals surface area contributed by atoms with E-state index in [1.807, 2.05) is 0 Å². The third kappa shape index (κ3) is 1.15. The van der Waals surface area contributed by atoms with E-state index in [2.05, 4.69) is 24.1 Å². The summed E-state index contributed by atoms with van der Waals surface area (Å²) >= 11 is 0. The molecule has 1 N–H and O–H groups in total. The quantitative estimate of drug-likeness (QED) is 0.676. The molecule has 0 spiro atoms. The zero-order chi connectivity index (χ0) is 9.00. The Kier molecular flexibility index (Phi) is 1.72. The van der Waals surface area contributed by atoms with Crippen LogP contribution in [0.1, 0.15) is 13.8 Å². The van der Waals surface area contributed by atoms with Gasteiger partial charge in [-0.3, -0.25) is 4.90 Å². The van der Waals surface area contributed by atoms with Crippen molar-refractivity contribution >= 4 is 0 Å². The minimum atomic E-state index is 0.896. The number of nitrogens with one attached hydrogen (secondary N) is 1. The SMILES string of the molecule is CC(C)C1CN(C2C3CNCC32)C1. The second-order valence-corrected chi connectivity index (χ2v) is 5.43. The fourth-order valence-electron chi connectivity index (χ4n) is 3.14. The van der Waals surface area contributed by atoms with Crippen LogP contribution in [0, 0.1) is 23.7 Å². The molecule has 2 heterocycles. The van der Waals surface area contributed by atoms with Crippen molar-refractivity contribution in [2.45, 2.75) is 19.9 Å². The molecule has 2 saturated heterocycles. The largest absolute Gasteiger partial charge is 0.316 e. The summed E-state index contributed by atoms with van der Waals surface area (Å²) in [6.45, 7) is 10.1. The summed E-state index contributed by atoms with van der Waals surface area (Å²) in [4.78, 5) is 2.72. The molecule has 2 atom stereocenters. The van der Waals surface area contributed by atoms with Gasteiger partial charge in [0.25, 0.3) is 0 Å². The lowest BCUT2D eigenvalue weighted by Gasteiger charge is -2.43. The van der Waals surface area contributed by atoms with Crippen molar-refractivity contribution in [2.75, 3.05) is 26.2 Å². The van der Waals surface area contributed by atoms with E-state index in [1.54, 1.807) is 0 Å². The van der Waals surface area contributed by atoms with E-state index in [0.717, 1.165) is 29.7 Å². The summed E-state index contributed by atoms with van der Waals surface area (Å²) in [6, 6.07) is 0.983. The molecular formula is C11H20N2. The van der Waals surface area contributed by atoms with Crippen LogP contribution in [0.15, 0.2) is 0 Å². The first-order chi connectivity index (χ1) is 6.27. The summed E-state index contributed by atoms with van der Waals surface area (Å²) in [5, 5.41) is 3.46. The Labute approximate surface area is 80.7 Å². The monoisotopic (exact) mass is 180 g/mol. The second-order valence-electron chi connectivity index (χ2n) is 5.43. The molecule has 0 amide bonds. The summed E-state index contributed by atoms with van der Waals surface area (Å²) in [5.74, 6) is 3.93. The third-order valence-electron chi connectivity index (χ3n) is 4.35. The molecule has 3 aliphatic rings. The molecule has 3 rings (SSSR count). The number of likely N-dealkylation sites (tertiary alicyclic amines) is 1. The molecule has 2 unspecified atom stereocenters. The molecule has 1 aliphatic carbocycles. The molecule has 74 valence electrons. The van der Waals surface area contributed by atoms with E-state index in [0.29, 0.717) is 0 Å². The molecule has 3 fully saturated rings. The van der Waals surface area contributed by atoms with Crippen LogP contribution < -0.4 is 5.32 Å². The van der Waals surface area contributed by atoms with E-state index in [-0.39, 0.29) is 0 Å². The van der Waals surface area contributed by atoms with Crippen LogP contribution in [0.5, 0.6) is 0 Å². The predicted octanol–water partition coefficient (Wildman–Crippen LogP) is 0.792. The van der Waals surface area contributed by atoms with Crippen molar-refractivity contribution in [3.05, 3.63) is 0 Å². The van der Waals surface area contributed by atoms with Gasteiger partial charge in [0.05, 0.1) is 0 Å². The molecular weight excluding hydrogens is 160 g/mol. The van der Waals surface area contributed by atoms with Gasteiger partial charge in [0.1, 0.15) is 0 Å². The zero-order valence-electron chi connectivity index (χ0n) is 8.66. The maximum absolute atomic E-state index is 3.46. The molecule has 0 bridgehead atoms. The number of fused-ring (bicyclic) bond motifs is 1. The molecule has 1 saturated carbocycles. The van der Waals surface area contributed by atoms with E-state index in [4.69, 9.17) is 0 Å². The highest BCUT2D eigenvalue weighted by Crippen LogP contribution is 2.48. The van der Waals surface area contributed by atoms with E-state index < -0.39 is 0 Å². The highest BCUT2D eigenvalue weighted by Gasteiger charge is 2.57. The molecule has 0 aromatic rings. The zero-order valence-corrected chi connectivity index (χ0v) is 8.66. The average molecular weight is 180 g/mol. The van der Waals surface area contributed by atoms with Crippen molar-refractivity contribution < 1.29 is 0 Å². The fourth-order valence-corrected chi connectivity index (χ4v) is 3.14. The van der Waals surface area contributed by atoms with Crippen LogP contribution in [0.2, 0.25) is 0 Å². The summed E-state index contributed by atoms with van der Waals surface area (Å²) in [5.41, 5.74) is 0. The minimum absolute atomic E-state index is 0.896. The van der Waals surface area contributed by atoms with Crippen LogP contribution in [0.4, 0.5) is 0 Å². The first kappa shape index (κ1) is 8.25. The van der Waals surface area contributed by atoms with E-state index in [1.165, 1.54) is 26.2 Å². The van der Waals surface area contributed by atoms with Gasteiger partial charge in [-0.1, -0.05) is 13.8 Å². The van der Waals surface area contributed by atoms with Gasteiger partial charge in [-0.05, 0) is 36.8 Å². The Balaban J connectivity index is 1.50. The van der Waals surface area contributed by atoms with Crippen molar-refractivity contribution in [2.24, 2.45) is 23.7 Å². The molecule has 0 aromatic carbocycles. The lowest BCUT2D eigenvalue weighted by Crippen LogP contribution is -2.51. The number of nitrogens with zero attached hydrogens (tertiary/aromatic N) is 1. The second kappa shape index (κ2) is 2.71. The predicted molar refractivity (Wildman–Crippen MR) is 53.5 cm³/mol. The summed E-state index contributed by atoms with van der Waals surface area (Å²) < 4.78 is 0. The smallest absolute Gasteiger partial charge is 0.0184 e. The Morgan fingerprint density at radius 2 is 1.77 bits per heavy atom. The van der Waals surface area contributed by atoms with Crippen LogP contribution in [-0.4, -0.2) is 37.1 Å². The highest BCUT2D eigenvalue weighted by molar-refractivity contribution is 5.12. The Hall–Kier alpha value is -0.0800. The Morgan fingerprint density at radius 3 is 2.31 bits per heavy atom. The Morgan fingerprint density at radius 1 is 1.15 bits per heavy atom. The molecule has 0 aromatic heterocycles. The van der Waals surface area contributed by atoms with E-state index >= 15 is 0 Å². The van der Waals surface area contributed by atoms with Gasteiger partial charge in [0.2, 0.25) is 0 Å². The van der Waals surface area contributed by atoms with Gasteiger partial charge in [-0.2, -0.15) is 0 Å². The van der Waals surface area contributed by atoms with Gasteiger partial charge in [-0.25, -0.2) is 0 Å². The molecule has 2 heteroatoms. The molecule has 13 heavy (non-hydrogen) atoms. The summed E-state index contributed by atoms with van der Waals surface area (Å²) in [7, 11) is 0. The Bertz CT molecular complexity index is 198. The maximum Gasteiger partial charge on any atom is 0.0184 e. The number of hydrogen-bond donors (Lipinski definition) is 1. The first-order valence-corrected chi connectivity index (χ1v) is 5.72. The highest BCUT2D eigenvalue weighted by atomic mass is 15.3. The topological polar surface area (TPSA) is 15.3 Å². The normalized spacial score (nSPS) is 45.0. The van der Waals surface area contributed by atoms with Gasteiger partial charge in [0, 0.05) is 19.1 Å². The molecule has 2 aliphatic heterocycles. The van der Waals surface area contributed by atoms with Crippen LogP contribution >= 0.6 is 0 Å². The lowest BCUT2D eigenvalue weighted by atomic mass is 9.88. The van der Waals surface area contributed by atoms with Crippen molar-refractivity contribution in [1.82, 2.24) is 10.2 Å². The van der Waals surface area contributed by atoms with Gasteiger partial charge in [0.15, 0.2) is 0 Å². The fraction of sp³-hybridized carbons (Fsp3) is 1.00. The van der Waals surface area contributed by atoms with Crippen molar-refractivity contribution in [3.8, 4) is 0 Å². The lowest BCUT2D eigenvalue weighted by molar-refractivity contribution is 0.0503. The molecule has 0 radical (unpaired) electrons. The maximum atomic E-state index is 3.46. The third-order valence-corrected chi connectivity index (χ3v) is 4.35. The van der Waals surface area contributed by atoms with Crippen molar-refractivity contribution in [1.29, 1.82) is 0 Å². The van der Waals surface area contributed by atoms with Crippen LogP contribution in [0.25, 0.3) is 0 Å². The number of rotatable bonds is 2. The van der Waals surface area contributed by atoms with Gasteiger partial charge in [-0.15, -0.1) is 0 Å².